The molecule has 0 radical (unpaired) electrons. The molecular weight excluding hydrogens is 332 g/mol. The van der Waals surface area contributed by atoms with E-state index in [9.17, 15) is 0 Å². The van der Waals surface area contributed by atoms with Gasteiger partial charge in [0, 0.05) is 5.25 Å². The molecule has 0 aromatic heterocycles. The van der Waals surface area contributed by atoms with Crippen molar-refractivity contribution in [3.05, 3.63) is 58.0 Å². The highest BCUT2D eigenvalue weighted by molar-refractivity contribution is 8.35. The Balaban J connectivity index is 1.62. The third kappa shape index (κ3) is 2.43. The lowest BCUT2D eigenvalue weighted by Crippen LogP contribution is -2.15. The first-order valence-electron chi connectivity index (χ1n) is 10.5. The molecule has 3 unspecified atom stereocenters. The van der Waals surface area contributed by atoms with Gasteiger partial charge in [-0.3, -0.25) is 0 Å². The van der Waals surface area contributed by atoms with Crippen molar-refractivity contribution in [3.8, 4) is 0 Å². The average Bonchev–Trinajstić information content (AvgIpc) is 3.22. The summed E-state index contributed by atoms with van der Waals surface area (Å²) in [5, 5.41) is 3.68. The van der Waals surface area contributed by atoms with Gasteiger partial charge in [0.2, 0.25) is 0 Å². The molecule has 138 valence electrons. The lowest BCUT2D eigenvalue weighted by molar-refractivity contribution is 0.456. The lowest BCUT2D eigenvalue weighted by Gasteiger charge is -2.43. The summed E-state index contributed by atoms with van der Waals surface area (Å²) in [5.41, 5.74) is 5.26. The molecule has 3 aliphatic rings. The van der Waals surface area contributed by atoms with Crippen LogP contribution in [-0.4, -0.2) is 12.5 Å². The Kier molecular flexibility index (Phi) is 4.01. The first-order valence-corrected chi connectivity index (χ1v) is 13.0. The van der Waals surface area contributed by atoms with Crippen molar-refractivity contribution in [2.45, 2.75) is 57.1 Å². The standard InChI is InChI=1S/C25H32S/c1-17-16-23-20-10-6-4-8-18(20)12-14-22(23)25(17)26(2,3)24-15-13-19-9-5-7-11-21(19)24/h4,6,8,10,12,14,17,19,25H,5,7,9,11,13,15-16H2,1-3H3. The Morgan fingerprint density at radius 1 is 0.923 bits per heavy atom. The highest BCUT2D eigenvalue weighted by atomic mass is 32.3. The van der Waals surface area contributed by atoms with E-state index in [1.807, 2.05) is 10.5 Å². The topological polar surface area (TPSA) is 0 Å². The average molecular weight is 365 g/mol. The molecule has 26 heavy (non-hydrogen) atoms. The van der Waals surface area contributed by atoms with Gasteiger partial charge in [0.15, 0.2) is 0 Å². The summed E-state index contributed by atoms with van der Waals surface area (Å²) in [5.74, 6) is 1.72. The summed E-state index contributed by atoms with van der Waals surface area (Å²) >= 11 is 0. The van der Waals surface area contributed by atoms with Crippen molar-refractivity contribution in [2.24, 2.45) is 11.8 Å². The quantitative estimate of drug-likeness (QED) is 0.521. The van der Waals surface area contributed by atoms with E-state index in [2.05, 4.69) is 55.8 Å². The molecule has 0 N–H and O–H groups in total. The number of hydrogen-bond acceptors (Lipinski definition) is 0. The minimum Gasteiger partial charge on any atom is -0.217 e. The minimum atomic E-state index is -0.760. The molecule has 0 heterocycles. The lowest BCUT2D eigenvalue weighted by atomic mass is 9.86. The predicted molar refractivity (Wildman–Crippen MR) is 117 cm³/mol. The van der Waals surface area contributed by atoms with Crippen LogP contribution in [0.25, 0.3) is 10.8 Å². The Labute approximate surface area is 160 Å². The van der Waals surface area contributed by atoms with E-state index >= 15 is 0 Å². The van der Waals surface area contributed by atoms with Gasteiger partial charge in [-0.1, -0.05) is 55.3 Å². The Hall–Kier alpha value is -1.21. The summed E-state index contributed by atoms with van der Waals surface area (Å²) < 4.78 is 0. The van der Waals surface area contributed by atoms with E-state index in [0.717, 1.165) is 17.1 Å². The van der Waals surface area contributed by atoms with Gasteiger partial charge in [-0.15, -0.1) is 0 Å². The monoisotopic (exact) mass is 364 g/mol. The molecule has 0 spiro atoms. The second-order valence-electron chi connectivity index (χ2n) is 9.29. The van der Waals surface area contributed by atoms with E-state index in [0.29, 0.717) is 0 Å². The van der Waals surface area contributed by atoms with E-state index in [-0.39, 0.29) is 0 Å². The first kappa shape index (κ1) is 16.9. The highest BCUT2D eigenvalue weighted by Gasteiger charge is 2.43. The van der Waals surface area contributed by atoms with Crippen LogP contribution in [0.4, 0.5) is 0 Å². The summed E-state index contributed by atoms with van der Waals surface area (Å²) in [4.78, 5) is 1.93. The zero-order valence-corrected chi connectivity index (χ0v) is 17.4. The molecule has 3 aliphatic carbocycles. The van der Waals surface area contributed by atoms with Crippen molar-refractivity contribution in [1.82, 2.24) is 0 Å². The van der Waals surface area contributed by atoms with Crippen LogP contribution < -0.4 is 0 Å². The summed E-state index contributed by atoms with van der Waals surface area (Å²) in [7, 11) is -0.760. The molecule has 2 aromatic rings. The van der Waals surface area contributed by atoms with Crippen molar-refractivity contribution in [3.63, 3.8) is 0 Å². The van der Waals surface area contributed by atoms with E-state index in [1.54, 1.807) is 11.1 Å². The molecule has 3 atom stereocenters. The highest BCUT2D eigenvalue weighted by Crippen LogP contribution is 2.70. The molecule has 2 aromatic carbocycles. The third-order valence-electron chi connectivity index (χ3n) is 7.52. The molecule has 0 aliphatic heterocycles. The maximum absolute atomic E-state index is 2.65. The number of benzene rings is 2. The van der Waals surface area contributed by atoms with Crippen LogP contribution in [0.5, 0.6) is 0 Å². The molecule has 0 nitrogen and oxygen atoms in total. The minimum absolute atomic E-state index is 0.755. The first-order chi connectivity index (χ1) is 12.6. The third-order valence-corrected chi connectivity index (χ3v) is 11.2. The van der Waals surface area contributed by atoms with Crippen molar-refractivity contribution in [2.75, 3.05) is 12.5 Å². The van der Waals surface area contributed by atoms with E-state index in [4.69, 9.17) is 0 Å². The van der Waals surface area contributed by atoms with Gasteiger partial charge in [-0.2, -0.15) is 0 Å². The zero-order chi connectivity index (χ0) is 17.9. The fraction of sp³-hybridized carbons (Fsp3) is 0.520. The largest absolute Gasteiger partial charge is 0.217 e. The predicted octanol–water partition coefficient (Wildman–Crippen LogP) is 7.38. The molecule has 0 saturated heterocycles. The van der Waals surface area contributed by atoms with Crippen LogP contribution in [0, 0.1) is 11.8 Å². The van der Waals surface area contributed by atoms with Gasteiger partial charge < -0.3 is 0 Å². The molecule has 0 bridgehead atoms. The van der Waals surface area contributed by atoms with E-state index < -0.39 is 10.0 Å². The van der Waals surface area contributed by atoms with Gasteiger partial charge >= 0.3 is 0 Å². The van der Waals surface area contributed by atoms with Crippen LogP contribution in [0.15, 0.2) is 46.9 Å². The number of rotatable bonds is 2. The molecule has 1 heteroatoms. The molecule has 1 saturated carbocycles. The van der Waals surface area contributed by atoms with Crippen LogP contribution >= 0.6 is 10.0 Å². The smallest absolute Gasteiger partial charge is 0.0201 e. The number of fused-ring (bicyclic) bond motifs is 4. The maximum Gasteiger partial charge on any atom is 0.0201 e. The number of hydrogen-bond donors (Lipinski definition) is 0. The van der Waals surface area contributed by atoms with E-state index in [1.165, 1.54) is 55.7 Å². The van der Waals surface area contributed by atoms with Crippen molar-refractivity contribution < 1.29 is 0 Å². The van der Waals surface area contributed by atoms with Crippen LogP contribution in [0.1, 0.15) is 61.8 Å². The van der Waals surface area contributed by atoms with Gasteiger partial charge in [0.25, 0.3) is 0 Å². The van der Waals surface area contributed by atoms with Gasteiger partial charge in [0.05, 0.1) is 0 Å². The van der Waals surface area contributed by atoms with Gasteiger partial charge in [-0.25, -0.2) is 10.0 Å². The SMILES string of the molecule is CC1Cc2c(ccc3ccccc23)C1S(C)(C)C1=C2CCCCC2CC1. The second-order valence-corrected chi connectivity index (χ2v) is 13.1. The molecular formula is C25H32S. The van der Waals surface area contributed by atoms with Crippen LogP contribution in [0.2, 0.25) is 0 Å². The molecule has 1 fully saturated rings. The zero-order valence-electron chi connectivity index (χ0n) is 16.6. The summed E-state index contributed by atoms with van der Waals surface area (Å²) in [6.45, 7) is 2.52. The van der Waals surface area contributed by atoms with Crippen LogP contribution in [-0.2, 0) is 6.42 Å². The van der Waals surface area contributed by atoms with Crippen molar-refractivity contribution in [1.29, 1.82) is 0 Å². The Morgan fingerprint density at radius 3 is 2.65 bits per heavy atom. The molecule has 5 rings (SSSR count). The van der Waals surface area contributed by atoms with Crippen molar-refractivity contribution >= 4 is 20.8 Å². The Bertz CT molecular complexity index is 888. The summed E-state index contributed by atoms with van der Waals surface area (Å²) in [6.07, 6.45) is 15.2. The maximum atomic E-state index is 2.65. The van der Waals surface area contributed by atoms with Crippen LogP contribution in [0.3, 0.4) is 0 Å². The normalized spacial score (nSPS) is 29.1. The van der Waals surface area contributed by atoms with Gasteiger partial charge in [-0.05, 0) is 89.7 Å². The van der Waals surface area contributed by atoms with Gasteiger partial charge in [0.1, 0.15) is 0 Å². The second kappa shape index (κ2) is 6.16. The fourth-order valence-electron chi connectivity index (χ4n) is 6.47. The Morgan fingerprint density at radius 2 is 1.77 bits per heavy atom. The number of allylic oxidation sites excluding steroid dienone is 2. The fourth-order valence-corrected chi connectivity index (χ4v) is 10.5. The summed E-state index contributed by atoms with van der Waals surface area (Å²) in [6, 6.07) is 13.9. The molecule has 0 amide bonds.